The molecule has 1 aromatic carbocycles. The smallest absolute Gasteiger partial charge is 0.254 e. The van der Waals surface area contributed by atoms with Crippen LogP contribution in [0.15, 0.2) is 43.0 Å². The lowest BCUT2D eigenvalue weighted by Gasteiger charge is -2.46. The molecule has 0 atom stereocenters. The van der Waals surface area contributed by atoms with Gasteiger partial charge in [0, 0.05) is 55.6 Å². The van der Waals surface area contributed by atoms with Gasteiger partial charge in [-0.15, -0.1) is 0 Å². The molecule has 0 unspecified atom stereocenters. The summed E-state index contributed by atoms with van der Waals surface area (Å²) in [5.41, 5.74) is 7.38. The standard InChI is InChI=1S/C29H37F2N5O/c1-4-36(19(2)3)28(37)26-12-22(30)7-10-24(26)25-11-21(15-35-18-33-13-27(25)35)29(31)16-34(17-29)14-20-5-8-23(32)9-6-20/h7,10-13,15,18-20,23H,4-6,8-9,14,16-17,32H2,1-3H3. The van der Waals surface area contributed by atoms with Gasteiger partial charge in [0.25, 0.3) is 5.91 Å². The Hall–Kier alpha value is -2.84. The second kappa shape index (κ2) is 10.1. The first-order valence-corrected chi connectivity index (χ1v) is 13.4. The van der Waals surface area contributed by atoms with Crippen LogP contribution in [0, 0.1) is 11.7 Å². The van der Waals surface area contributed by atoms with Gasteiger partial charge in [0.05, 0.1) is 23.6 Å². The lowest BCUT2D eigenvalue weighted by atomic mass is 9.82. The minimum absolute atomic E-state index is 0.0371. The molecule has 2 aromatic heterocycles. The third-order valence-electron chi connectivity index (χ3n) is 8.12. The van der Waals surface area contributed by atoms with Crippen molar-refractivity contribution in [3.63, 3.8) is 0 Å². The van der Waals surface area contributed by atoms with Gasteiger partial charge >= 0.3 is 0 Å². The van der Waals surface area contributed by atoms with Crippen LogP contribution in [0.5, 0.6) is 0 Å². The maximum absolute atomic E-state index is 16.2. The van der Waals surface area contributed by atoms with Crippen molar-refractivity contribution in [1.82, 2.24) is 19.2 Å². The Morgan fingerprint density at radius 2 is 1.92 bits per heavy atom. The molecule has 2 fully saturated rings. The summed E-state index contributed by atoms with van der Waals surface area (Å²) in [7, 11) is 0. The Morgan fingerprint density at radius 1 is 1.19 bits per heavy atom. The highest BCUT2D eigenvalue weighted by Gasteiger charge is 2.46. The molecule has 3 aromatic rings. The lowest BCUT2D eigenvalue weighted by Crippen LogP contribution is -2.58. The van der Waals surface area contributed by atoms with E-state index in [0.717, 1.165) is 37.7 Å². The number of benzene rings is 1. The van der Waals surface area contributed by atoms with E-state index in [-0.39, 0.29) is 17.5 Å². The summed E-state index contributed by atoms with van der Waals surface area (Å²) in [6.07, 6.45) is 9.44. The maximum atomic E-state index is 16.2. The number of fused-ring (bicyclic) bond motifs is 1. The van der Waals surface area contributed by atoms with Gasteiger partial charge < -0.3 is 15.0 Å². The van der Waals surface area contributed by atoms with E-state index in [1.165, 1.54) is 12.1 Å². The Labute approximate surface area is 217 Å². The van der Waals surface area contributed by atoms with Crippen molar-refractivity contribution in [3.8, 4) is 11.1 Å². The van der Waals surface area contributed by atoms with E-state index in [1.54, 1.807) is 34.1 Å². The number of imidazole rings is 1. The molecule has 3 heterocycles. The number of hydrogen-bond donors (Lipinski definition) is 1. The molecular formula is C29H37F2N5O. The topological polar surface area (TPSA) is 66.9 Å². The summed E-state index contributed by atoms with van der Waals surface area (Å²) in [6.45, 7) is 7.86. The first-order chi connectivity index (χ1) is 17.7. The van der Waals surface area contributed by atoms with Gasteiger partial charge in [0.1, 0.15) is 5.82 Å². The number of carbonyl (C=O) groups excluding carboxylic acids is 1. The van der Waals surface area contributed by atoms with Crippen LogP contribution in [-0.2, 0) is 5.67 Å². The predicted molar refractivity (Wildman–Crippen MR) is 142 cm³/mol. The zero-order valence-corrected chi connectivity index (χ0v) is 22.0. The molecule has 198 valence electrons. The fourth-order valence-electron chi connectivity index (χ4n) is 6.03. The van der Waals surface area contributed by atoms with Crippen LogP contribution in [0.3, 0.4) is 0 Å². The van der Waals surface area contributed by atoms with E-state index in [0.29, 0.717) is 48.3 Å². The van der Waals surface area contributed by atoms with Crippen molar-refractivity contribution >= 4 is 11.4 Å². The summed E-state index contributed by atoms with van der Waals surface area (Å²) in [4.78, 5) is 21.7. The predicted octanol–water partition coefficient (Wildman–Crippen LogP) is 5.01. The molecule has 1 saturated carbocycles. The van der Waals surface area contributed by atoms with Gasteiger partial charge in [-0.05, 0) is 76.1 Å². The van der Waals surface area contributed by atoms with Gasteiger partial charge in [-0.2, -0.15) is 0 Å². The molecular weight excluding hydrogens is 472 g/mol. The number of likely N-dealkylation sites (tertiary alicyclic amines) is 1. The van der Waals surface area contributed by atoms with Crippen molar-refractivity contribution in [1.29, 1.82) is 0 Å². The summed E-state index contributed by atoms with van der Waals surface area (Å²) in [5.74, 6) is -0.147. The van der Waals surface area contributed by atoms with Crippen molar-refractivity contribution in [3.05, 3.63) is 59.9 Å². The van der Waals surface area contributed by atoms with Gasteiger partial charge in [0.2, 0.25) is 0 Å². The van der Waals surface area contributed by atoms with E-state index in [9.17, 15) is 9.18 Å². The minimum Gasteiger partial charge on any atom is -0.336 e. The average molecular weight is 510 g/mol. The first-order valence-electron chi connectivity index (χ1n) is 13.4. The Balaban J connectivity index is 1.47. The largest absolute Gasteiger partial charge is 0.336 e. The van der Waals surface area contributed by atoms with Crippen LogP contribution in [0.25, 0.3) is 16.6 Å². The zero-order chi connectivity index (χ0) is 26.3. The quantitative estimate of drug-likeness (QED) is 0.486. The van der Waals surface area contributed by atoms with E-state index < -0.39 is 11.5 Å². The normalized spacial score (nSPS) is 21.8. The Kier molecular flexibility index (Phi) is 7.07. The molecule has 8 heteroatoms. The second-order valence-corrected chi connectivity index (χ2v) is 11.1. The minimum atomic E-state index is -1.49. The fraction of sp³-hybridized carbons (Fsp3) is 0.517. The van der Waals surface area contributed by atoms with Crippen LogP contribution in [-0.4, -0.2) is 63.4 Å². The fourth-order valence-corrected chi connectivity index (χ4v) is 6.03. The molecule has 37 heavy (non-hydrogen) atoms. The average Bonchev–Trinajstić information content (AvgIpc) is 3.33. The van der Waals surface area contributed by atoms with Crippen LogP contribution >= 0.6 is 0 Å². The molecule has 2 N–H and O–H groups in total. The number of halogens is 2. The molecule has 0 spiro atoms. The highest BCUT2D eigenvalue weighted by Crippen LogP contribution is 2.40. The van der Waals surface area contributed by atoms with Crippen molar-refractivity contribution in [2.75, 3.05) is 26.2 Å². The molecule has 1 aliphatic heterocycles. The van der Waals surface area contributed by atoms with E-state index in [2.05, 4.69) is 9.88 Å². The number of pyridine rings is 1. The number of rotatable bonds is 7. The van der Waals surface area contributed by atoms with Crippen LogP contribution in [0.2, 0.25) is 0 Å². The summed E-state index contributed by atoms with van der Waals surface area (Å²) >= 11 is 0. The molecule has 0 radical (unpaired) electrons. The van der Waals surface area contributed by atoms with Gasteiger partial charge in [-0.3, -0.25) is 9.69 Å². The molecule has 0 bridgehead atoms. The van der Waals surface area contributed by atoms with Crippen molar-refractivity contribution in [2.24, 2.45) is 11.7 Å². The van der Waals surface area contributed by atoms with Crippen molar-refractivity contribution < 1.29 is 13.6 Å². The summed E-state index contributed by atoms with van der Waals surface area (Å²) < 4.78 is 32.4. The lowest BCUT2D eigenvalue weighted by molar-refractivity contribution is -0.0472. The van der Waals surface area contributed by atoms with Gasteiger partial charge in [-0.25, -0.2) is 13.8 Å². The van der Waals surface area contributed by atoms with Gasteiger partial charge in [-0.1, -0.05) is 6.07 Å². The molecule has 2 aliphatic rings. The number of carbonyl (C=O) groups is 1. The molecule has 5 rings (SSSR count). The molecule has 1 saturated heterocycles. The first kappa shape index (κ1) is 25.8. The highest BCUT2D eigenvalue weighted by atomic mass is 19.1. The van der Waals surface area contributed by atoms with Crippen LogP contribution < -0.4 is 5.73 Å². The third-order valence-corrected chi connectivity index (χ3v) is 8.12. The number of hydrogen-bond acceptors (Lipinski definition) is 4. The Morgan fingerprint density at radius 3 is 2.59 bits per heavy atom. The molecule has 6 nitrogen and oxygen atoms in total. The van der Waals surface area contributed by atoms with E-state index >= 15 is 4.39 Å². The highest BCUT2D eigenvalue weighted by molar-refractivity contribution is 6.03. The van der Waals surface area contributed by atoms with Gasteiger partial charge in [0.15, 0.2) is 5.67 Å². The van der Waals surface area contributed by atoms with Crippen molar-refractivity contribution in [2.45, 2.75) is 64.2 Å². The molecule has 1 amide bonds. The number of nitrogens with zero attached hydrogens (tertiary/aromatic N) is 4. The summed E-state index contributed by atoms with van der Waals surface area (Å²) in [6, 6.07) is 6.35. The summed E-state index contributed by atoms with van der Waals surface area (Å²) in [5, 5.41) is 0. The maximum Gasteiger partial charge on any atom is 0.254 e. The van der Waals surface area contributed by atoms with E-state index in [1.807, 2.05) is 26.8 Å². The van der Waals surface area contributed by atoms with Crippen LogP contribution in [0.1, 0.15) is 62.4 Å². The third kappa shape index (κ3) is 5.01. The number of alkyl halides is 1. The monoisotopic (exact) mass is 509 g/mol. The zero-order valence-electron chi connectivity index (χ0n) is 22.0. The SMILES string of the molecule is CCN(C(=O)c1cc(F)ccc1-c1cc(C2(F)CN(CC3CCC(N)CC3)C2)cn2cncc12)C(C)C. The molecule has 1 aliphatic carbocycles. The number of aromatic nitrogens is 2. The second-order valence-electron chi connectivity index (χ2n) is 11.1. The Bertz CT molecular complexity index is 1270. The van der Waals surface area contributed by atoms with E-state index in [4.69, 9.17) is 5.73 Å². The number of amides is 1. The number of nitrogens with two attached hydrogens (primary N) is 1. The van der Waals surface area contributed by atoms with Crippen LogP contribution in [0.4, 0.5) is 8.78 Å².